The van der Waals surface area contributed by atoms with Crippen LogP contribution in [0.15, 0.2) is 24.8 Å². The maximum atomic E-state index is 11.0. The van der Waals surface area contributed by atoms with Crippen LogP contribution in [0.4, 0.5) is 0 Å². The van der Waals surface area contributed by atoms with Crippen molar-refractivity contribution in [3.63, 3.8) is 0 Å². The van der Waals surface area contributed by atoms with Crippen LogP contribution in [-0.4, -0.2) is 15.8 Å². The van der Waals surface area contributed by atoms with Crippen LogP contribution in [0.3, 0.4) is 0 Å². The largest absolute Gasteiger partial charge is 0.299 e. The highest BCUT2D eigenvalue weighted by atomic mass is 16.1. The summed E-state index contributed by atoms with van der Waals surface area (Å²) in [6.07, 6.45) is 9.10. The second kappa shape index (κ2) is 3.47. The average Bonchev–Trinajstić information content (AvgIpc) is 2.20. The van der Waals surface area contributed by atoms with Crippen LogP contribution in [0.2, 0.25) is 0 Å². The lowest BCUT2D eigenvalue weighted by molar-refractivity contribution is -0.118. The fourth-order valence-electron chi connectivity index (χ4n) is 1.44. The van der Waals surface area contributed by atoms with Gasteiger partial charge in [0.2, 0.25) is 0 Å². The van der Waals surface area contributed by atoms with Gasteiger partial charge in [0.05, 0.1) is 0 Å². The summed E-state index contributed by atoms with van der Waals surface area (Å²) in [5.41, 5.74) is 2.23. The molecule has 0 saturated heterocycles. The third kappa shape index (κ3) is 1.80. The molecule has 0 spiro atoms. The van der Waals surface area contributed by atoms with Gasteiger partial charge in [0.1, 0.15) is 12.1 Å². The molecule has 66 valence electrons. The summed E-state index contributed by atoms with van der Waals surface area (Å²) in [5, 5.41) is 0. The van der Waals surface area contributed by atoms with Gasteiger partial charge in [0, 0.05) is 30.8 Å². The Labute approximate surface area is 76.5 Å². The molecule has 1 heterocycles. The molecule has 0 fully saturated rings. The monoisotopic (exact) mass is 174 g/mol. The highest BCUT2D eigenvalue weighted by Crippen LogP contribution is 2.23. The van der Waals surface area contributed by atoms with E-state index in [1.165, 1.54) is 11.9 Å². The number of rotatable bonds is 1. The van der Waals surface area contributed by atoms with Gasteiger partial charge in [-0.1, -0.05) is 6.08 Å². The second-order valence-electron chi connectivity index (χ2n) is 3.10. The molecule has 0 bridgehead atoms. The van der Waals surface area contributed by atoms with Crippen molar-refractivity contribution in [1.29, 1.82) is 0 Å². The van der Waals surface area contributed by atoms with E-state index < -0.39 is 0 Å². The van der Waals surface area contributed by atoms with Gasteiger partial charge in [-0.15, -0.1) is 0 Å². The maximum absolute atomic E-state index is 11.0. The van der Waals surface area contributed by atoms with E-state index in [0.29, 0.717) is 18.6 Å². The minimum absolute atomic E-state index is 0.320. The molecule has 0 N–H and O–H groups in total. The fraction of sp³-hybridized carbons (Fsp3) is 0.300. The van der Waals surface area contributed by atoms with Gasteiger partial charge in [0.15, 0.2) is 0 Å². The molecule has 1 aromatic heterocycles. The lowest BCUT2D eigenvalue weighted by atomic mass is 9.95. The molecule has 1 aromatic rings. The molecule has 1 aliphatic carbocycles. The van der Waals surface area contributed by atoms with Gasteiger partial charge < -0.3 is 0 Å². The lowest BCUT2D eigenvalue weighted by Gasteiger charge is -2.10. The van der Waals surface area contributed by atoms with Crippen LogP contribution in [0.1, 0.15) is 24.8 Å². The van der Waals surface area contributed by atoms with E-state index in [9.17, 15) is 4.79 Å². The zero-order chi connectivity index (χ0) is 9.10. The summed E-state index contributed by atoms with van der Waals surface area (Å²) in [6, 6.07) is 0. The van der Waals surface area contributed by atoms with Crippen molar-refractivity contribution < 1.29 is 4.79 Å². The Kier molecular flexibility index (Phi) is 2.17. The van der Waals surface area contributed by atoms with Crippen molar-refractivity contribution in [1.82, 2.24) is 9.97 Å². The zero-order valence-electron chi connectivity index (χ0n) is 7.23. The van der Waals surface area contributed by atoms with Crippen molar-refractivity contribution in [3.8, 4) is 0 Å². The lowest BCUT2D eigenvalue weighted by Crippen LogP contribution is -2.03. The van der Waals surface area contributed by atoms with Crippen LogP contribution >= 0.6 is 0 Å². The number of hydrogen-bond donors (Lipinski definition) is 0. The van der Waals surface area contributed by atoms with Gasteiger partial charge in [-0.25, -0.2) is 9.97 Å². The topological polar surface area (TPSA) is 42.9 Å². The first-order chi connectivity index (χ1) is 6.36. The Balaban J connectivity index is 2.23. The molecule has 0 aliphatic heterocycles. The predicted molar refractivity (Wildman–Crippen MR) is 48.9 cm³/mol. The minimum atomic E-state index is 0.320. The molecular weight excluding hydrogens is 164 g/mol. The first kappa shape index (κ1) is 8.10. The Bertz CT molecular complexity index is 343. The first-order valence-electron chi connectivity index (χ1n) is 4.32. The molecule has 2 rings (SSSR count). The van der Waals surface area contributed by atoms with E-state index in [1.807, 2.05) is 6.08 Å². The van der Waals surface area contributed by atoms with E-state index in [-0.39, 0.29) is 0 Å². The summed E-state index contributed by atoms with van der Waals surface area (Å²) in [6.45, 7) is 0. The molecule has 0 aromatic carbocycles. The molecule has 3 heteroatoms. The number of Topliss-reactive ketones (excluding diaryl/α,β-unsaturated/α-hetero) is 1. The minimum Gasteiger partial charge on any atom is -0.299 e. The van der Waals surface area contributed by atoms with Crippen LogP contribution in [0, 0.1) is 0 Å². The Morgan fingerprint density at radius 2 is 1.92 bits per heavy atom. The van der Waals surface area contributed by atoms with Gasteiger partial charge >= 0.3 is 0 Å². The summed E-state index contributed by atoms with van der Waals surface area (Å²) in [5.74, 6) is 0.320. The average molecular weight is 174 g/mol. The number of allylic oxidation sites excluding steroid dienone is 2. The van der Waals surface area contributed by atoms with Crippen LogP contribution in [0.5, 0.6) is 0 Å². The van der Waals surface area contributed by atoms with E-state index in [1.54, 1.807) is 12.4 Å². The maximum Gasteiger partial charge on any atom is 0.137 e. The van der Waals surface area contributed by atoms with Gasteiger partial charge in [0.25, 0.3) is 0 Å². The van der Waals surface area contributed by atoms with E-state index >= 15 is 0 Å². The molecule has 1 aliphatic rings. The Morgan fingerprint density at radius 1 is 1.15 bits per heavy atom. The second-order valence-corrected chi connectivity index (χ2v) is 3.10. The van der Waals surface area contributed by atoms with Crippen LogP contribution in [-0.2, 0) is 4.79 Å². The number of hydrogen-bond acceptors (Lipinski definition) is 3. The quantitative estimate of drug-likeness (QED) is 0.649. The summed E-state index contributed by atoms with van der Waals surface area (Å²) < 4.78 is 0. The number of carbonyl (C=O) groups excluding carboxylic acids is 1. The molecular formula is C10H10N2O. The third-order valence-corrected chi connectivity index (χ3v) is 2.18. The Hall–Kier alpha value is -1.51. The molecule has 0 unspecified atom stereocenters. The molecule has 13 heavy (non-hydrogen) atoms. The fourth-order valence-corrected chi connectivity index (χ4v) is 1.44. The SMILES string of the molecule is O=C1CC=C(c2cncnc2)CC1. The summed E-state index contributed by atoms with van der Waals surface area (Å²) in [4.78, 5) is 18.8. The molecule has 0 saturated carbocycles. The highest BCUT2D eigenvalue weighted by molar-refractivity contribution is 5.86. The molecule has 0 amide bonds. The molecule has 0 radical (unpaired) electrons. The van der Waals surface area contributed by atoms with Crippen molar-refractivity contribution in [2.75, 3.05) is 0 Å². The summed E-state index contributed by atoms with van der Waals surface area (Å²) in [7, 11) is 0. The van der Waals surface area contributed by atoms with Gasteiger partial charge in [-0.2, -0.15) is 0 Å². The number of ketones is 1. The number of aromatic nitrogens is 2. The summed E-state index contributed by atoms with van der Waals surface area (Å²) >= 11 is 0. The number of carbonyl (C=O) groups is 1. The van der Waals surface area contributed by atoms with Crippen LogP contribution in [0.25, 0.3) is 5.57 Å². The van der Waals surface area contributed by atoms with E-state index in [2.05, 4.69) is 9.97 Å². The van der Waals surface area contributed by atoms with E-state index in [4.69, 9.17) is 0 Å². The standard InChI is InChI=1S/C10H10N2O/c13-10-3-1-8(2-4-10)9-5-11-7-12-6-9/h1,5-7H,2-4H2. The normalized spacial score (nSPS) is 16.9. The highest BCUT2D eigenvalue weighted by Gasteiger charge is 2.11. The molecule has 0 atom stereocenters. The van der Waals surface area contributed by atoms with Gasteiger partial charge in [-0.3, -0.25) is 4.79 Å². The van der Waals surface area contributed by atoms with Crippen molar-refractivity contribution >= 4 is 11.4 Å². The van der Waals surface area contributed by atoms with E-state index in [0.717, 1.165) is 12.0 Å². The predicted octanol–water partition coefficient (Wildman–Crippen LogP) is 1.61. The van der Waals surface area contributed by atoms with Crippen molar-refractivity contribution in [3.05, 3.63) is 30.4 Å². The van der Waals surface area contributed by atoms with Crippen molar-refractivity contribution in [2.45, 2.75) is 19.3 Å². The smallest absolute Gasteiger partial charge is 0.137 e. The number of nitrogens with zero attached hydrogens (tertiary/aromatic N) is 2. The molecule has 3 nitrogen and oxygen atoms in total. The zero-order valence-corrected chi connectivity index (χ0v) is 7.23. The van der Waals surface area contributed by atoms with Crippen molar-refractivity contribution in [2.24, 2.45) is 0 Å². The first-order valence-corrected chi connectivity index (χ1v) is 4.32. The Morgan fingerprint density at radius 3 is 2.54 bits per heavy atom. The third-order valence-electron chi connectivity index (χ3n) is 2.18. The van der Waals surface area contributed by atoms with Gasteiger partial charge in [-0.05, 0) is 12.0 Å². The van der Waals surface area contributed by atoms with Crippen LogP contribution < -0.4 is 0 Å².